The molecule has 0 unspecified atom stereocenters. The Hall–Kier alpha value is -5.72. The maximum Gasteiger partial charge on any atom is -0.00135 e. The fourth-order valence-corrected chi connectivity index (χ4v) is 6.42. The normalized spacial score (nSPS) is 8.77. The van der Waals surface area contributed by atoms with E-state index in [9.17, 15) is 0 Å². The Balaban J connectivity index is -0.000000814. The van der Waals surface area contributed by atoms with Gasteiger partial charge in [-0.2, -0.15) is 0 Å². The molecule has 0 heterocycles. The van der Waals surface area contributed by atoms with Crippen molar-refractivity contribution >= 4 is 21.5 Å². The highest BCUT2D eigenvalue weighted by atomic mass is 14.2. The number of hydrogen-bond donors (Lipinski definition) is 0. The molecule has 0 bridgehead atoms. The summed E-state index contributed by atoms with van der Waals surface area (Å²) in [5, 5.41) is 5.21. The molecule has 0 fully saturated rings. The van der Waals surface area contributed by atoms with Crippen LogP contribution in [0.25, 0.3) is 54.9 Å². The lowest BCUT2D eigenvalue weighted by atomic mass is 9.86. The summed E-state index contributed by atoms with van der Waals surface area (Å²) in [4.78, 5) is 0. The van der Waals surface area contributed by atoms with Gasteiger partial charge in [0.1, 0.15) is 0 Å². The average molecular weight is 831 g/mol. The first kappa shape index (κ1) is 60.6. The van der Waals surface area contributed by atoms with E-state index in [1.807, 2.05) is 147 Å². The average Bonchev–Trinajstić information content (AvgIpc) is 3.78. The minimum absolute atomic E-state index is 0. The maximum absolute atomic E-state index is 2.25. The molecule has 0 nitrogen and oxygen atoms in total. The molecule has 0 spiro atoms. The zero-order valence-corrected chi connectivity index (χ0v) is 41.2. The SMILES string of the molecule is C.CC.CC.CC.CC.CC.CC.CC.CC.c1ccc(-c2c3ccccc3c(-c3ccccc3)c3ccccc23)cc1.c1ccc2c(c1)Cc1ccccc1-2.c1ccccc1. The van der Waals surface area contributed by atoms with Crippen molar-refractivity contribution in [3.05, 3.63) is 205 Å². The predicted octanol–water partition coefficient (Wildman–Crippen LogP) is 21.1. The van der Waals surface area contributed by atoms with Gasteiger partial charge in [-0.25, -0.2) is 0 Å². The van der Waals surface area contributed by atoms with Crippen molar-refractivity contribution in [2.24, 2.45) is 0 Å². The van der Waals surface area contributed by atoms with Crippen LogP contribution in [0, 0.1) is 0 Å². The van der Waals surface area contributed by atoms with E-state index in [2.05, 4.69) is 158 Å². The Bertz CT molecular complexity index is 1940. The molecule has 1 aliphatic carbocycles. The predicted molar refractivity (Wildman–Crippen MR) is 291 cm³/mol. The molecule has 0 saturated carbocycles. The molecule has 0 atom stereocenters. The summed E-state index contributed by atoms with van der Waals surface area (Å²) in [5.41, 5.74) is 10.9. The van der Waals surface area contributed by atoms with Gasteiger partial charge < -0.3 is 0 Å². The molecule has 0 aliphatic heterocycles. The summed E-state index contributed by atoms with van der Waals surface area (Å²) >= 11 is 0. The standard InChI is InChI=1S/C26H18.C13H10.C6H6.8C2H6.CH4/c1-3-11-19(12-4-1)25-21-15-7-9-17-23(21)26(20-13-5-2-6-14-20)24-18-10-8-16-22(24)25;1-3-7-12-10(5-1)9-11-6-2-4-8-13(11)12;1-2-4-6-5-3-1;8*1-2;/h1-18H;1-8H,9H2;1-6H;8*1-2H3;1H4. The summed E-state index contributed by atoms with van der Waals surface area (Å²) in [5.74, 6) is 0. The molecule has 8 aromatic carbocycles. The molecule has 62 heavy (non-hydrogen) atoms. The van der Waals surface area contributed by atoms with Crippen LogP contribution in [0.1, 0.15) is 129 Å². The Morgan fingerprint density at radius 3 is 0.677 bits per heavy atom. The fourth-order valence-electron chi connectivity index (χ4n) is 6.42. The summed E-state index contributed by atoms with van der Waals surface area (Å²) in [6.45, 7) is 32.0. The van der Waals surface area contributed by atoms with Crippen LogP contribution in [-0.4, -0.2) is 0 Å². The zero-order valence-electron chi connectivity index (χ0n) is 41.2. The molecule has 0 saturated heterocycles. The molecule has 1 aliphatic rings. The van der Waals surface area contributed by atoms with E-state index in [0.717, 1.165) is 6.42 Å². The lowest BCUT2D eigenvalue weighted by molar-refractivity contribution is 1.26. The van der Waals surface area contributed by atoms with E-state index in [4.69, 9.17) is 0 Å². The topological polar surface area (TPSA) is 0 Å². The smallest absolute Gasteiger partial charge is 0.00135 e. The van der Waals surface area contributed by atoms with Gasteiger partial charge in [-0.15, -0.1) is 0 Å². The van der Waals surface area contributed by atoms with Crippen LogP contribution in [0.15, 0.2) is 194 Å². The van der Waals surface area contributed by atoms with E-state index >= 15 is 0 Å². The van der Waals surface area contributed by atoms with Gasteiger partial charge in [-0.1, -0.05) is 312 Å². The van der Waals surface area contributed by atoms with Gasteiger partial charge >= 0.3 is 0 Å². The first-order chi connectivity index (χ1) is 30.4. The van der Waals surface area contributed by atoms with Crippen molar-refractivity contribution in [2.75, 3.05) is 0 Å². The molecule has 0 amide bonds. The second-order valence-electron chi connectivity index (χ2n) is 11.2. The number of rotatable bonds is 2. The van der Waals surface area contributed by atoms with Crippen LogP contribution in [0.2, 0.25) is 0 Å². The second kappa shape index (κ2) is 40.7. The highest BCUT2D eigenvalue weighted by molar-refractivity contribution is 6.21. The Morgan fingerprint density at radius 2 is 0.419 bits per heavy atom. The lowest BCUT2D eigenvalue weighted by Gasteiger charge is -2.17. The molecule has 0 N–H and O–H groups in total. The third-order valence-electron chi connectivity index (χ3n) is 8.43. The summed E-state index contributed by atoms with van der Waals surface area (Å²) in [7, 11) is 0. The van der Waals surface area contributed by atoms with Crippen molar-refractivity contribution in [1.29, 1.82) is 0 Å². The van der Waals surface area contributed by atoms with Crippen LogP contribution in [0.5, 0.6) is 0 Å². The Morgan fingerprint density at radius 1 is 0.226 bits per heavy atom. The molecule has 8 aromatic rings. The molecule has 0 heteroatoms. The number of benzene rings is 8. The van der Waals surface area contributed by atoms with Gasteiger partial charge in [-0.3, -0.25) is 0 Å². The van der Waals surface area contributed by atoms with Crippen LogP contribution < -0.4 is 0 Å². The van der Waals surface area contributed by atoms with Crippen LogP contribution in [-0.2, 0) is 6.42 Å². The first-order valence-corrected chi connectivity index (χ1v) is 23.6. The van der Waals surface area contributed by atoms with E-state index in [1.54, 1.807) is 0 Å². The molecule has 334 valence electrons. The number of fused-ring (bicyclic) bond motifs is 5. The van der Waals surface area contributed by atoms with E-state index in [0.29, 0.717) is 0 Å². The monoisotopic (exact) mass is 831 g/mol. The van der Waals surface area contributed by atoms with Gasteiger partial charge in [-0.05, 0) is 72.5 Å². The van der Waals surface area contributed by atoms with Crippen LogP contribution in [0.4, 0.5) is 0 Å². The Labute approximate surface area is 383 Å². The van der Waals surface area contributed by atoms with Crippen molar-refractivity contribution in [1.82, 2.24) is 0 Å². The lowest BCUT2D eigenvalue weighted by Crippen LogP contribution is -1.90. The second-order valence-corrected chi connectivity index (χ2v) is 11.2. The van der Waals surface area contributed by atoms with Crippen molar-refractivity contribution < 1.29 is 0 Å². The zero-order chi connectivity index (χ0) is 46.3. The molecule has 0 radical (unpaired) electrons. The maximum atomic E-state index is 2.25. The Kier molecular flexibility index (Phi) is 39.7. The van der Waals surface area contributed by atoms with Crippen molar-refractivity contribution in [2.45, 2.75) is 125 Å². The van der Waals surface area contributed by atoms with E-state index < -0.39 is 0 Å². The number of hydrogen-bond acceptors (Lipinski definition) is 0. The summed E-state index contributed by atoms with van der Waals surface area (Å²) < 4.78 is 0. The van der Waals surface area contributed by atoms with Gasteiger partial charge in [0.25, 0.3) is 0 Å². The minimum atomic E-state index is 0. The van der Waals surface area contributed by atoms with Crippen LogP contribution in [0.3, 0.4) is 0 Å². The van der Waals surface area contributed by atoms with Gasteiger partial charge in [0.2, 0.25) is 0 Å². The molecule has 9 rings (SSSR count). The van der Waals surface area contributed by atoms with Crippen LogP contribution >= 0.6 is 0 Å². The van der Waals surface area contributed by atoms with Gasteiger partial charge in [0, 0.05) is 0 Å². The molecule has 0 aromatic heterocycles. The summed E-state index contributed by atoms with van der Waals surface area (Å²) in [6, 6.07) is 68.3. The summed E-state index contributed by atoms with van der Waals surface area (Å²) in [6.07, 6.45) is 1.10. The molecular weight excluding hydrogens is 745 g/mol. The quantitative estimate of drug-likeness (QED) is 0.152. The van der Waals surface area contributed by atoms with Crippen molar-refractivity contribution in [3.63, 3.8) is 0 Å². The van der Waals surface area contributed by atoms with E-state index in [1.165, 1.54) is 66.1 Å². The highest BCUT2D eigenvalue weighted by Crippen LogP contribution is 2.43. The van der Waals surface area contributed by atoms with Gasteiger partial charge in [0.15, 0.2) is 0 Å². The fraction of sp³-hybridized carbons (Fsp3) is 0.290. The minimum Gasteiger partial charge on any atom is -0.0776 e. The highest BCUT2D eigenvalue weighted by Gasteiger charge is 2.17. The first-order valence-electron chi connectivity index (χ1n) is 23.6. The van der Waals surface area contributed by atoms with Gasteiger partial charge in [0.05, 0.1) is 0 Å². The molecular formula is C62H86. The third kappa shape index (κ3) is 18.1. The van der Waals surface area contributed by atoms with Crippen molar-refractivity contribution in [3.8, 4) is 33.4 Å². The third-order valence-corrected chi connectivity index (χ3v) is 8.43. The van der Waals surface area contributed by atoms with E-state index in [-0.39, 0.29) is 7.43 Å². The largest absolute Gasteiger partial charge is 0.0776 e.